The van der Waals surface area contributed by atoms with Gasteiger partial charge in [0.15, 0.2) is 0 Å². The minimum atomic E-state index is -4.50. The Morgan fingerprint density at radius 1 is 1.10 bits per heavy atom. The zero-order valence-electron chi connectivity index (χ0n) is 10.3. The first-order valence-corrected chi connectivity index (χ1v) is 6.63. The Morgan fingerprint density at radius 2 is 1.81 bits per heavy atom. The van der Waals surface area contributed by atoms with Gasteiger partial charge >= 0.3 is 6.18 Å². The van der Waals surface area contributed by atoms with E-state index in [0.29, 0.717) is 11.0 Å². The van der Waals surface area contributed by atoms with Crippen LogP contribution in [0, 0.1) is 0 Å². The number of hydrogen-bond acceptors (Lipinski definition) is 1. The Hall–Kier alpha value is -1.72. The van der Waals surface area contributed by atoms with E-state index in [-0.39, 0.29) is 21.2 Å². The molecule has 0 amide bonds. The van der Waals surface area contributed by atoms with Crippen LogP contribution in [-0.4, -0.2) is 9.97 Å². The molecule has 7 heteroatoms. The van der Waals surface area contributed by atoms with Crippen molar-refractivity contribution in [3.05, 3.63) is 52.3 Å². The molecular weight excluding hydrogens is 324 g/mol. The third-order valence-electron chi connectivity index (χ3n) is 3.11. The van der Waals surface area contributed by atoms with E-state index >= 15 is 0 Å². The van der Waals surface area contributed by atoms with Gasteiger partial charge in [0, 0.05) is 5.56 Å². The summed E-state index contributed by atoms with van der Waals surface area (Å²) in [7, 11) is 0. The number of rotatable bonds is 1. The van der Waals surface area contributed by atoms with Crippen molar-refractivity contribution in [1.29, 1.82) is 0 Å². The van der Waals surface area contributed by atoms with E-state index in [1.54, 1.807) is 0 Å². The van der Waals surface area contributed by atoms with Crippen molar-refractivity contribution in [3.63, 3.8) is 0 Å². The van der Waals surface area contributed by atoms with Crippen LogP contribution in [0.25, 0.3) is 22.2 Å². The lowest BCUT2D eigenvalue weighted by Gasteiger charge is -2.15. The highest BCUT2D eigenvalue weighted by atomic mass is 35.5. The molecule has 0 bridgehead atoms. The van der Waals surface area contributed by atoms with Crippen LogP contribution in [0.1, 0.15) is 5.56 Å². The average Bonchev–Trinajstić information content (AvgIpc) is 2.86. The summed E-state index contributed by atoms with van der Waals surface area (Å²) >= 11 is 12.3. The monoisotopic (exact) mass is 330 g/mol. The van der Waals surface area contributed by atoms with Gasteiger partial charge in [-0.15, -0.1) is 0 Å². The summed E-state index contributed by atoms with van der Waals surface area (Å²) in [6.07, 6.45) is -3.09. The molecule has 2 nitrogen and oxygen atoms in total. The van der Waals surface area contributed by atoms with Gasteiger partial charge < -0.3 is 4.98 Å². The Kier molecular flexibility index (Phi) is 3.34. The molecule has 1 aromatic heterocycles. The first-order chi connectivity index (χ1) is 9.89. The maximum Gasteiger partial charge on any atom is 0.417 e. The smallest absolute Gasteiger partial charge is 0.345 e. The third kappa shape index (κ3) is 2.36. The molecule has 2 aromatic carbocycles. The zero-order chi connectivity index (χ0) is 15.2. The van der Waals surface area contributed by atoms with Crippen molar-refractivity contribution in [2.45, 2.75) is 6.18 Å². The molecule has 0 aliphatic rings. The number of aromatic nitrogens is 2. The van der Waals surface area contributed by atoms with Gasteiger partial charge in [0.05, 0.1) is 27.5 Å². The number of hydrogen-bond donors (Lipinski definition) is 1. The topological polar surface area (TPSA) is 28.7 Å². The van der Waals surface area contributed by atoms with E-state index < -0.39 is 11.7 Å². The summed E-state index contributed by atoms with van der Waals surface area (Å²) < 4.78 is 39.4. The van der Waals surface area contributed by atoms with E-state index in [2.05, 4.69) is 9.97 Å². The number of aromatic amines is 1. The second-order valence-corrected chi connectivity index (χ2v) is 5.17. The first-order valence-electron chi connectivity index (χ1n) is 5.87. The van der Waals surface area contributed by atoms with Crippen LogP contribution >= 0.6 is 23.2 Å². The Bertz CT molecular complexity index is 825. The van der Waals surface area contributed by atoms with E-state index in [1.165, 1.54) is 30.6 Å². The molecule has 0 fully saturated rings. The minimum absolute atomic E-state index is 0.0649. The molecular formula is C14H7Cl2F3N2. The van der Waals surface area contributed by atoms with Crippen LogP contribution in [0.4, 0.5) is 13.2 Å². The quantitative estimate of drug-likeness (QED) is 0.622. The molecule has 0 unspecified atom stereocenters. The highest BCUT2D eigenvalue weighted by Crippen LogP contribution is 2.44. The number of nitrogens with one attached hydrogen (secondary N) is 1. The Morgan fingerprint density at radius 3 is 2.52 bits per heavy atom. The standard InChI is InChI=1S/C14H7Cl2F3N2/c15-9-5-10-13(21-6-20-10)12(16)11(9)7-3-1-2-4-8(7)14(17,18)19/h1-6H,(H,20,21). The van der Waals surface area contributed by atoms with Crippen LogP contribution in [0.3, 0.4) is 0 Å². The summed E-state index contributed by atoms with van der Waals surface area (Å²) in [4.78, 5) is 6.83. The number of imidazole rings is 1. The summed E-state index contributed by atoms with van der Waals surface area (Å²) in [5, 5.41) is 0.226. The molecule has 0 saturated carbocycles. The summed E-state index contributed by atoms with van der Waals surface area (Å²) in [5.41, 5.74) is 0.228. The van der Waals surface area contributed by atoms with Gasteiger partial charge in [0.2, 0.25) is 0 Å². The van der Waals surface area contributed by atoms with Crippen LogP contribution in [-0.2, 0) is 6.18 Å². The lowest BCUT2D eigenvalue weighted by atomic mass is 9.98. The predicted molar refractivity (Wildman–Crippen MR) is 76.6 cm³/mol. The predicted octanol–water partition coefficient (Wildman–Crippen LogP) is 5.56. The van der Waals surface area contributed by atoms with Crippen molar-refractivity contribution in [2.24, 2.45) is 0 Å². The minimum Gasteiger partial charge on any atom is -0.345 e. The zero-order valence-corrected chi connectivity index (χ0v) is 11.8. The fraction of sp³-hybridized carbons (Fsp3) is 0.0714. The fourth-order valence-corrected chi connectivity index (χ4v) is 2.91. The van der Waals surface area contributed by atoms with Gasteiger partial charge in [-0.25, -0.2) is 4.98 Å². The van der Waals surface area contributed by atoms with Crippen molar-refractivity contribution in [1.82, 2.24) is 9.97 Å². The molecule has 0 aliphatic heterocycles. The lowest BCUT2D eigenvalue weighted by molar-refractivity contribution is -0.137. The second-order valence-electron chi connectivity index (χ2n) is 4.39. The van der Waals surface area contributed by atoms with E-state index in [0.717, 1.165) is 6.07 Å². The maximum absolute atomic E-state index is 13.1. The van der Waals surface area contributed by atoms with E-state index in [9.17, 15) is 13.2 Å². The number of nitrogens with zero attached hydrogens (tertiary/aromatic N) is 1. The Labute approximate surface area is 127 Å². The van der Waals surface area contributed by atoms with E-state index in [1.807, 2.05) is 0 Å². The van der Waals surface area contributed by atoms with Gasteiger partial charge in [-0.3, -0.25) is 0 Å². The van der Waals surface area contributed by atoms with Gasteiger partial charge in [0.25, 0.3) is 0 Å². The molecule has 0 aliphatic carbocycles. The van der Waals surface area contributed by atoms with Crippen LogP contribution in [0.15, 0.2) is 36.7 Å². The lowest BCUT2D eigenvalue weighted by Crippen LogP contribution is -2.07. The van der Waals surface area contributed by atoms with Gasteiger partial charge in [-0.2, -0.15) is 13.2 Å². The molecule has 0 spiro atoms. The van der Waals surface area contributed by atoms with Crippen LogP contribution in [0.2, 0.25) is 10.0 Å². The number of halogens is 5. The van der Waals surface area contributed by atoms with Crippen molar-refractivity contribution in [2.75, 3.05) is 0 Å². The summed E-state index contributed by atoms with van der Waals surface area (Å²) in [6.45, 7) is 0. The SMILES string of the molecule is FC(F)(F)c1ccccc1-c1c(Cl)cc2[nH]cnc2c1Cl. The normalized spacial score (nSPS) is 12.0. The molecule has 3 rings (SSSR count). The fourth-order valence-electron chi connectivity index (χ4n) is 2.21. The highest BCUT2D eigenvalue weighted by molar-refractivity contribution is 6.42. The molecule has 21 heavy (non-hydrogen) atoms. The molecule has 0 saturated heterocycles. The molecule has 1 heterocycles. The Balaban J connectivity index is 2.36. The van der Waals surface area contributed by atoms with Crippen LogP contribution < -0.4 is 0 Å². The van der Waals surface area contributed by atoms with Gasteiger partial charge in [-0.05, 0) is 17.7 Å². The maximum atomic E-state index is 13.1. The summed E-state index contributed by atoms with van der Waals surface area (Å²) in [6, 6.07) is 6.68. The number of alkyl halides is 3. The molecule has 0 atom stereocenters. The average molecular weight is 331 g/mol. The molecule has 3 aromatic rings. The highest BCUT2D eigenvalue weighted by Gasteiger charge is 2.34. The van der Waals surface area contributed by atoms with E-state index in [4.69, 9.17) is 23.2 Å². The molecule has 108 valence electrons. The van der Waals surface area contributed by atoms with Crippen molar-refractivity contribution in [3.8, 4) is 11.1 Å². The number of fused-ring (bicyclic) bond motifs is 1. The first kappa shape index (κ1) is 14.2. The van der Waals surface area contributed by atoms with Crippen LogP contribution in [0.5, 0.6) is 0 Å². The molecule has 0 radical (unpaired) electrons. The van der Waals surface area contributed by atoms with Gasteiger partial charge in [0.1, 0.15) is 5.52 Å². The second kappa shape index (κ2) is 4.93. The van der Waals surface area contributed by atoms with Crippen molar-refractivity contribution >= 4 is 34.2 Å². The van der Waals surface area contributed by atoms with Crippen molar-refractivity contribution < 1.29 is 13.2 Å². The third-order valence-corrected chi connectivity index (χ3v) is 3.77. The largest absolute Gasteiger partial charge is 0.417 e. The number of H-pyrrole nitrogens is 1. The number of benzene rings is 2. The van der Waals surface area contributed by atoms with Gasteiger partial charge in [-0.1, -0.05) is 41.4 Å². The summed E-state index contributed by atoms with van der Waals surface area (Å²) in [5.74, 6) is 0. The molecule has 1 N–H and O–H groups in total.